The first kappa shape index (κ1) is 16.0. The van der Waals surface area contributed by atoms with Gasteiger partial charge in [0.1, 0.15) is 18.2 Å². The number of aromatic nitrogens is 2. The van der Waals surface area contributed by atoms with Gasteiger partial charge in [0.25, 0.3) is 0 Å². The third kappa shape index (κ3) is 3.90. The number of nitrogens with zero attached hydrogens (tertiary/aromatic N) is 2. The molecule has 0 saturated carbocycles. The molecule has 0 fully saturated rings. The van der Waals surface area contributed by atoms with E-state index in [9.17, 15) is 9.18 Å². The van der Waals surface area contributed by atoms with Gasteiger partial charge in [-0.3, -0.25) is 4.79 Å². The van der Waals surface area contributed by atoms with Crippen molar-refractivity contribution < 1.29 is 18.7 Å². The molecule has 0 amide bonds. The molecule has 0 aliphatic rings. The maximum Gasteiger partial charge on any atom is 0.303 e. The normalized spacial score (nSPS) is 12.1. The van der Waals surface area contributed by atoms with Crippen molar-refractivity contribution in [2.75, 3.05) is 6.61 Å². The van der Waals surface area contributed by atoms with Gasteiger partial charge in [-0.05, 0) is 36.4 Å². The Morgan fingerprint density at radius 1 is 1.21 bits per heavy atom. The summed E-state index contributed by atoms with van der Waals surface area (Å²) in [5, 5.41) is 0. The summed E-state index contributed by atoms with van der Waals surface area (Å²) < 4.78 is 25.8. The van der Waals surface area contributed by atoms with Gasteiger partial charge in [0.2, 0.25) is 0 Å². The van der Waals surface area contributed by atoms with E-state index in [1.54, 1.807) is 6.33 Å². The first-order valence-corrected chi connectivity index (χ1v) is 7.57. The molecule has 1 heterocycles. The summed E-state index contributed by atoms with van der Waals surface area (Å²) in [5.41, 5.74) is 1.83. The fourth-order valence-corrected chi connectivity index (χ4v) is 2.45. The minimum Gasteiger partial charge on any atom is -0.490 e. The van der Waals surface area contributed by atoms with Crippen LogP contribution in [0.5, 0.6) is 5.75 Å². The molecule has 3 aromatic rings. The summed E-state index contributed by atoms with van der Waals surface area (Å²) >= 11 is 0. The van der Waals surface area contributed by atoms with Crippen LogP contribution in [0.2, 0.25) is 0 Å². The van der Waals surface area contributed by atoms with Crippen molar-refractivity contribution in [2.24, 2.45) is 0 Å². The van der Waals surface area contributed by atoms with E-state index >= 15 is 0 Å². The third-order valence-corrected chi connectivity index (χ3v) is 3.51. The predicted octanol–water partition coefficient (Wildman–Crippen LogP) is 3.19. The summed E-state index contributed by atoms with van der Waals surface area (Å²) in [4.78, 5) is 15.7. The smallest absolute Gasteiger partial charge is 0.303 e. The Balaban J connectivity index is 1.71. The van der Waals surface area contributed by atoms with Crippen LogP contribution >= 0.6 is 0 Å². The van der Waals surface area contributed by atoms with E-state index in [0.717, 1.165) is 11.0 Å². The summed E-state index contributed by atoms with van der Waals surface area (Å²) in [6.45, 7) is 1.94. The van der Waals surface area contributed by atoms with Crippen LogP contribution in [0.25, 0.3) is 11.0 Å². The molecule has 2 aromatic carbocycles. The molecule has 0 saturated heterocycles. The molecule has 1 atom stereocenters. The van der Waals surface area contributed by atoms with E-state index in [4.69, 9.17) is 9.47 Å². The van der Waals surface area contributed by atoms with Crippen LogP contribution in [0.1, 0.15) is 6.92 Å². The number of halogens is 1. The second-order valence-electron chi connectivity index (χ2n) is 5.38. The number of para-hydroxylation sites is 2. The average molecular weight is 328 g/mol. The van der Waals surface area contributed by atoms with Gasteiger partial charge >= 0.3 is 5.97 Å². The zero-order chi connectivity index (χ0) is 16.9. The molecule has 0 spiro atoms. The first-order chi connectivity index (χ1) is 11.6. The summed E-state index contributed by atoms with van der Waals surface area (Å²) in [5.74, 6) is -0.195. The van der Waals surface area contributed by atoms with Crippen LogP contribution in [0.3, 0.4) is 0 Å². The minimum atomic E-state index is -0.481. The third-order valence-electron chi connectivity index (χ3n) is 3.51. The van der Waals surface area contributed by atoms with Crippen LogP contribution in [0, 0.1) is 5.82 Å². The highest BCUT2D eigenvalue weighted by atomic mass is 19.1. The van der Waals surface area contributed by atoms with Gasteiger partial charge in [0.15, 0.2) is 6.10 Å². The van der Waals surface area contributed by atoms with E-state index in [-0.39, 0.29) is 18.4 Å². The standard InChI is InChI=1S/C18H17FN2O3/c1-13(22)24-16(11-23-15-8-6-14(19)7-9-15)10-21-12-20-17-4-2-3-5-18(17)21/h2-9,12,16H,10-11H2,1H3/t16-/m1/s1. The Morgan fingerprint density at radius 2 is 1.96 bits per heavy atom. The van der Waals surface area contributed by atoms with E-state index in [0.29, 0.717) is 12.3 Å². The lowest BCUT2D eigenvalue weighted by atomic mass is 10.3. The van der Waals surface area contributed by atoms with E-state index in [2.05, 4.69) is 4.98 Å². The molecule has 0 unspecified atom stereocenters. The summed E-state index contributed by atoms with van der Waals surface area (Å²) in [6.07, 6.45) is 1.23. The van der Waals surface area contributed by atoms with Crippen LogP contribution in [0.4, 0.5) is 4.39 Å². The predicted molar refractivity (Wildman–Crippen MR) is 87.2 cm³/mol. The molecule has 0 bridgehead atoms. The first-order valence-electron chi connectivity index (χ1n) is 7.57. The van der Waals surface area contributed by atoms with Gasteiger partial charge in [0, 0.05) is 6.92 Å². The fraction of sp³-hybridized carbons (Fsp3) is 0.222. The number of imidazole rings is 1. The van der Waals surface area contributed by atoms with Gasteiger partial charge in [0.05, 0.1) is 23.9 Å². The SMILES string of the molecule is CC(=O)O[C@@H](COc1ccc(F)cc1)Cn1cnc2ccccc21. The zero-order valence-electron chi connectivity index (χ0n) is 13.2. The number of ether oxygens (including phenoxy) is 2. The Morgan fingerprint density at radius 3 is 2.71 bits per heavy atom. The molecular formula is C18H17FN2O3. The van der Waals surface area contributed by atoms with Crippen molar-refractivity contribution in [3.63, 3.8) is 0 Å². The monoisotopic (exact) mass is 328 g/mol. The van der Waals surface area contributed by atoms with Gasteiger partial charge in [-0.2, -0.15) is 0 Å². The molecule has 124 valence electrons. The molecule has 1 aromatic heterocycles. The fourth-order valence-electron chi connectivity index (χ4n) is 2.45. The van der Waals surface area contributed by atoms with Gasteiger partial charge in [-0.15, -0.1) is 0 Å². The second kappa shape index (κ2) is 7.12. The largest absolute Gasteiger partial charge is 0.490 e. The lowest BCUT2D eigenvalue weighted by Gasteiger charge is -2.18. The number of fused-ring (bicyclic) bond motifs is 1. The van der Waals surface area contributed by atoms with Crippen molar-refractivity contribution in [1.82, 2.24) is 9.55 Å². The topological polar surface area (TPSA) is 53.4 Å². The highest BCUT2D eigenvalue weighted by molar-refractivity contribution is 5.75. The van der Waals surface area contributed by atoms with E-state index in [1.807, 2.05) is 28.8 Å². The Kier molecular flexibility index (Phi) is 4.74. The maximum atomic E-state index is 12.9. The second-order valence-corrected chi connectivity index (χ2v) is 5.38. The minimum absolute atomic E-state index is 0.164. The molecule has 24 heavy (non-hydrogen) atoms. The Bertz CT molecular complexity index is 830. The molecule has 3 rings (SSSR count). The maximum absolute atomic E-state index is 12.9. The summed E-state index contributed by atoms with van der Waals surface area (Å²) in [7, 11) is 0. The molecule has 5 nitrogen and oxygen atoms in total. The van der Waals surface area contributed by atoms with Crippen LogP contribution in [-0.4, -0.2) is 28.2 Å². The average Bonchev–Trinajstić information content (AvgIpc) is 2.97. The van der Waals surface area contributed by atoms with Crippen molar-refractivity contribution in [3.8, 4) is 5.75 Å². The van der Waals surface area contributed by atoms with E-state index < -0.39 is 6.10 Å². The zero-order valence-corrected chi connectivity index (χ0v) is 13.2. The van der Waals surface area contributed by atoms with Crippen molar-refractivity contribution >= 4 is 17.0 Å². The number of esters is 1. The highest BCUT2D eigenvalue weighted by Crippen LogP contribution is 2.15. The highest BCUT2D eigenvalue weighted by Gasteiger charge is 2.16. The van der Waals surface area contributed by atoms with Crippen molar-refractivity contribution in [3.05, 3.63) is 60.7 Å². The number of hydrogen-bond donors (Lipinski definition) is 0. The van der Waals surface area contributed by atoms with Crippen LogP contribution in [-0.2, 0) is 16.1 Å². The molecular weight excluding hydrogens is 311 g/mol. The van der Waals surface area contributed by atoms with Gasteiger partial charge in [-0.25, -0.2) is 9.37 Å². The van der Waals surface area contributed by atoms with Gasteiger partial charge in [-0.1, -0.05) is 12.1 Å². The summed E-state index contributed by atoms with van der Waals surface area (Å²) in [6, 6.07) is 13.4. The number of carbonyl (C=O) groups excluding carboxylic acids is 1. The number of rotatable bonds is 6. The molecule has 0 aliphatic heterocycles. The molecule has 0 aliphatic carbocycles. The van der Waals surface area contributed by atoms with E-state index in [1.165, 1.54) is 31.2 Å². The Hall–Kier alpha value is -2.89. The lowest BCUT2D eigenvalue weighted by Crippen LogP contribution is -2.28. The lowest BCUT2D eigenvalue weighted by molar-refractivity contribution is -0.148. The van der Waals surface area contributed by atoms with Gasteiger partial charge < -0.3 is 14.0 Å². The molecule has 0 N–H and O–H groups in total. The van der Waals surface area contributed by atoms with Crippen molar-refractivity contribution in [2.45, 2.75) is 19.6 Å². The number of carbonyl (C=O) groups is 1. The number of benzene rings is 2. The van der Waals surface area contributed by atoms with Crippen LogP contribution < -0.4 is 4.74 Å². The number of hydrogen-bond acceptors (Lipinski definition) is 4. The van der Waals surface area contributed by atoms with Crippen LogP contribution in [0.15, 0.2) is 54.9 Å². The Labute approximate surface area is 138 Å². The quantitative estimate of drug-likeness (QED) is 0.652. The molecule has 0 radical (unpaired) electrons. The molecule has 6 heteroatoms. The van der Waals surface area contributed by atoms with Crippen molar-refractivity contribution in [1.29, 1.82) is 0 Å².